The SMILES string of the molecule is COc1c(Br)cc(CNc2ccc(Br)cc2Cl)cc1Br. The van der Waals surface area contributed by atoms with Crippen molar-refractivity contribution in [2.75, 3.05) is 12.4 Å². The second-order valence-electron chi connectivity index (χ2n) is 4.07. The Hall–Kier alpha value is -0.230. The molecule has 0 amide bonds. The molecule has 106 valence electrons. The molecule has 0 spiro atoms. The number of hydrogen-bond donors (Lipinski definition) is 1. The molecule has 0 aliphatic carbocycles. The summed E-state index contributed by atoms with van der Waals surface area (Å²) in [5.74, 6) is 0.787. The Balaban J connectivity index is 2.15. The molecule has 0 fully saturated rings. The first-order valence-corrected chi connectivity index (χ1v) is 8.48. The van der Waals surface area contributed by atoms with E-state index in [0.717, 1.165) is 30.4 Å². The summed E-state index contributed by atoms with van der Waals surface area (Å²) in [6.45, 7) is 0.669. The van der Waals surface area contributed by atoms with Crippen molar-refractivity contribution < 1.29 is 4.74 Å². The molecule has 0 unspecified atom stereocenters. The Kier molecular flexibility index (Phi) is 5.78. The van der Waals surface area contributed by atoms with Crippen molar-refractivity contribution in [1.82, 2.24) is 0 Å². The van der Waals surface area contributed by atoms with Crippen molar-refractivity contribution in [3.05, 3.63) is 54.3 Å². The van der Waals surface area contributed by atoms with E-state index >= 15 is 0 Å². The summed E-state index contributed by atoms with van der Waals surface area (Å²) in [7, 11) is 1.64. The molecule has 0 bridgehead atoms. The Bertz CT molecular complexity index is 611. The van der Waals surface area contributed by atoms with Crippen LogP contribution >= 0.6 is 59.4 Å². The van der Waals surface area contributed by atoms with Crippen LogP contribution in [0.4, 0.5) is 5.69 Å². The molecular weight excluding hydrogens is 473 g/mol. The van der Waals surface area contributed by atoms with Crippen LogP contribution in [0.2, 0.25) is 5.02 Å². The molecule has 2 aromatic carbocycles. The van der Waals surface area contributed by atoms with E-state index in [4.69, 9.17) is 16.3 Å². The van der Waals surface area contributed by atoms with E-state index in [1.165, 1.54) is 0 Å². The number of nitrogens with one attached hydrogen (secondary N) is 1. The van der Waals surface area contributed by atoms with Crippen LogP contribution in [-0.4, -0.2) is 7.11 Å². The Labute approximate surface area is 148 Å². The van der Waals surface area contributed by atoms with Gasteiger partial charge < -0.3 is 10.1 Å². The minimum atomic E-state index is 0.669. The molecule has 0 heterocycles. The fraction of sp³-hybridized carbons (Fsp3) is 0.143. The molecule has 1 N–H and O–H groups in total. The number of methoxy groups -OCH3 is 1. The van der Waals surface area contributed by atoms with Gasteiger partial charge >= 0.3 is 0 Å². The summed E-state index contributed by atoms with van der Waals surface area (Å²) >= 11 is 16.6. The zero-order valence-electron chi connectivity index (χ0n) is 10.5. The van der Waals surface area contributed by atoms with Gasteiger partial charge in [0.25, 0.3) is 0 Å². The molecular formula is C14H11Br3ClNO. The Morgan fingerprint density at radius 2 is 1.75 bits per heavy atom. The molecule has 6 heteroatoms. The van der Waals surface area contributed by atoms with Gasteiger partial charge in [-0.05, 0) is 67.8 Å². The minimum absolute atomic E-state index is 0.669. The van der Waals surface area contributed by atoms with Crippen LogP contribution in [0.1, 0.15) is 5.56 Å². The standard InChI is InChI=1S/C14H11Br3ClNO/c1-20-14-10(16)4-8(5-11(14)17)7-19-13-3-2-9(15)6-12(13)18/h2-6,19H,7H2,1H3. The number of anilines is 1. The lowest BCUT2D eigenvalue weighted by molar-refractivity contribution is 0.409. The van der Waals surface area contributed by atoms with E-state index in [-0.39, 0.29) is 0 Å². The minimum Gasteiger partial charge on any atom is -0.494 e. The van der Waals surface area contributed by atoms with Gasteiger partial charge in [-0.1, -0.05) is 27.5 Å². The number of halogens is 4. The van der Waals surface area contributed by atoms with Crippen molar-refractivity contribution in [3.8, 4) is 5.75 Å². The highest BCUT2D eigenvalue weighted by atomic mass is 79.9. The lowest BCUT2D eigenvalue weighted by atomic mass is 10.2. The molecule has 0 saturated carbocycles. The predicted molar refractivity (Wildman–Crippen MR) is 94.9 cm³/mol. The fourth-order valence-electron chi connectivity index (χ4n) is 1.74. The molecule has 0 atom stereocenters. The van der Waals surface area contributed by atoms with Crippen molar-refractivity contribution in [1.29, 1.82) is 0 Å². The molecule has 0 aliphatic rings. The quantitative estimate of drug-likeness (QED) is 0.554. The average Bonchev–Trinajstić information content (AvgIpc) is 2.37. The van der Waals surface area contributed by atoms with E-state index in [1.807, 2.05) is 30.3 Å². The summed E-state index contributed by atoms with van der Waals surface area (Å²) in [5.41, 5.74) is 2.02. The first-order chi connectivity index (χ1) is 9.51. The van der Waals surface area contributed by atoms with E-state index < -0.39 is 0 Å². The van der Waals surface area contributed by atoms with Crippen LogP contribution in [0.15, 0.2) is 43.7 Å². The maximum Gasteiger partial charge on any atom is 0.147 e. The van der Waals surface area contributed by atoms with Crippen LogP contribution in [0.25, 0.3) is 0 Å². The number of benzene rings is 2. The van der Waals surface area contributed by atoms with Crippen molar-refractivity contribution >= 4 is 65.1 Å². The van der Waals surface area contributed by atoms with Crippen molar-refractivity contribution in [2.24, 2.45) is 0 Å². The third-order valence-electron chi connectivity index (χ3n) is 2.68. The van der Waals surface area contributed by atoms with Crippen molar-refractivity contribution in [3.63, 3.8) is 0 Å². The van der Waals surface area contributed by atoms with Gasteiger partial charge in [0.05, 0.1) is 26.8 Å². The number of hydrogen-bond acceptors (Lipinski definition) is 2. The lowest BCUT2D eigenvalue weighted by Gasteiger charge is -2.12. The first-order valence-electron chi connectivity index (χ1n) is 5.72. The maximum absolute atomic E-state index is 6.17. The summed E-state index contributed by atoms with van der Waals surface area (Å²) in [6, 6.07) is 9.80. The monoisotopic (exact) mass is 481 g/mol. The molecule has 0 aliphatic heterocycles. The normalized spacial score (nSPS) is 10.4. The highest BCUT2D eigenvalue weighted by Crippen LogP contribution is 2.35. The van der Waals surface area contributed by atoms with Crippen LogP contribution in [-0.2, 0) is 6.54 Å². The van der Waals surface area contributed by atoms with Crippen LogP contribution in [0, 0.1) is 0 Å². The Morgan fingerprint density at radius 3 is 2.30 bits per heavy atom. The molecule has 2 aromatic rings. The lowest BCUT2D eigenvalue weighted by Crippen LogP contribution is -2.00. The van der Waals surface area contributed by atoms with E-state index in [9.17, 15) is 0 Å². The van der Waals surface area contributed by atoms with E-state index in [0.29, 0.717) is 11.6 Å². The maximum atomic E-state index is 6.17. The molecule has 0 radical (unpaired) electrons. The van der Waals surface area contributed by atoms with Gasteiger partial charge in [-0.25, -0.2) is 0 Å². The van der Waals surface area contributed by atoms with Gasteiger partial charge in [-0.15, -0.1) is 0 Å². The van der Waals surface area contributed by atoms with Gasteiger partial charge in [-0.3, -0.25) is 0 Å². The predicted octanol–water partition coefficient (Wildman–Crippen LogP) is 6.25. The van der Waals surface area contributed by atoms with Crippen molar-refractivity contribution in [2.45, 2.75) is 6.54 Å². The average molecular weight is 484 g/mol. The van der Waals surface area contributed by atoms with Crippen LogP contribution in [0.5, 0.6) is 5.75 Å². The summed E-state index contributed by atoms with van der Waals surface area (Å²) in [6.07, 6.45) is 0. The van der Waals surface area contributed by atoms with E-state index in [2.05, 4.69) is 53.1 Å². The van der Waals surface area contributed by atoms with Gasteiger partial charge in [0.1, 0.15) is 5.75 Å². The number of rotatable bonds is 4. The summed E-state index contributed by atoms with van der Waals surface area (Å²) in [4.78, 5) is 0. The zero-order valence-corrected chi connectivity index (χ0v) is 16.0. The van der Waals surface area contributed by atoms with Gasteiger partial charge in [0, 0.05) is 11.0 Å². The molecule has 0 aromatic heterocycles. The smallest absolute Gasteiger partial charge is 0.147 e. The van der Waals surface area contributed by atoms with Gasteiger partial charge in [0.2, 0.25) is 0 Å². The first kappa shape index (κ1) is 16.1. The van der Waals surface area contributed by atoms with E-state index in [1.54, 1.807) is 7.11 Å². The number of ether oxygens (including phenoxy) is 1. The third-order valence-corrected chi connectivity index (χ3v) is 4.66. The summed E-state index contributed by atoms with van der Waals surface area (Å²) < 4.78 is 8.07. The highest BCUT2D eigenvalue weighted by Gasteiger charge is 2.08. The van der Waals surface area contributed by atoms with Crippen LogP contribution in [0.3, 0.4) is 0 Å². The molecule has 2 rings (SSSR count). The van der Waals surface area contributed by atoms with Gasteiger partial charge in [0.15, 0.2) is 0 Å². The Morgan fingerprint density at radius 1 is 1.10 bits per heavy atom. The van der Waals surface area contributed by atoms with Gasteiger partial charge in [-0.2, -0.15) is 0 Å². The largest absolute Gasteiger partial charge is 0.494 e. The molecule has 0 saturated heterocycles. The fourth-order valence-corrected chi connectivity index (χ4v) is 4.08. The van der Waals surface area contributed by atoms with Crippen LogP contribution < -0.4 is 10.1 Å². The second-order valence-corrected chi connectivity index (χ2v) is 7.10. The zero-order chi connectivity index (χ0) is 14.7. The topological polar surface area (TPSA) is 21.3 Å². The molecule has 2 nitrogen and oxygen atoms in total. The second kappa shape index (κ2) is 7.16. The molecule has 20 heavy (non-hydrogen) atoms. The highest BCUT2D eigenvalue weighted by molar-refractivity contribution is 9.11. The summed E-state index contributed by atoms with van der Waals surface area (Å²) in [5, 5.41) is 4.00. The third kappa shape index (κ3) is 3.91.